The minimum absolute atomic E-state index is 0. The molecular weight excluding hydrogens is 594 g/mol. The summed E-state index contributed by atoms with van der Waals surface area (Å²) in [5.74, 6) is 0. The number of thioether (sulfide) groups is 1. The first kappa shape index (κ1) is 28.8. The lowest BCUT2D eigenvalue weighted by Gasteiger charge is -2.12. The summed E-state index contributed by atoms with van der Waals surface area (Å²) in [6.07, 6.45) is 0.230. The van der Waals surface area contributed by atoms with Crippen LogP contribution in [-0.4, -0.2) is 11.6 Å². The standard InChI is InChI=1S/C26H22ClF3N3OS3.ClH/c1-3-33-22(37-23(24(33)34)25-31(2)19-9-8-18(27)14-20(19)36-25)15-21-32(12-13-35-21)11-10-16-4-6-17(7-5-16)26(28,29)30;/h4-9,12-15H,3,10-11H2,1-2H3;1H/q+1;/p-1/b25-23+;. The number of hydrogen-bond donors (Lipinski definition) is 0. The number of aromatic nitrogens is 2. The molecule has 0 saturated heterocycles. The van der Waals surface area contributed by atoms with Crippen LogP contribution in [-0.2, 0) is 25.7 Å². The second-order valence-corrected chi connectivity index (χ2v) is 11.8. The van der Waals surface area contributed by atoms with Crippen molar-refractivity contribution >= 4 is 62.8 Å². The van der Waals surface area contributed by atoms with Gasteiger partial charge in [-0.05, 0) is 42.8 Å². The van der Waals surface area contributed by atoms with Gasteiger partial charge < -0.3 is 17.3 Å². The highest BCUT2D eigenvalue weighted by Crippen LogP contribution is 2.46. The van der Waals surface area contributed by atoms with Crippen molar-refractivity contribution in [1.82, 2.24) is 4.57 Å². The molecule has 2 aromatic heterocycles. The van der Waals surface area contributed by atoms with Crippen molar-refractivity contribution in [3.63, 3.8) is 0 Å². The lowest BCUT2D eigenvalue weighted by atomic mass is 10.1. The molecule has 0 saturated carbocycles. The maximum Gasteiger partial charge on any atom is 0.416 e. The number of alkyl halides is 3. The molecule has 4 nitrogen and oxygen atoms in total. The van der Waals surface area contributed by atoms with Crippen LogP contribution in [0.4, 0.5) is 18.9 Å². The molecular formula is C26H22Cl2F3N3OS3. The van der Waals surface area contributed by atoms with Crippen molar-refractivity contribution in [3.8, 4) is 0 Å². The van der Waals surface area contributed by atoms with Gasteiger partial charge in [0.2, 0.25) is 0 Å². The minimum Gasteiger partial charge on any atom is -1.00 e. The zero-order chi connectivity index (χ0) is 26.3. The fraction of sp³-hybridized carbons (Fsp3) is 0.231. The summed E-state index contributed by atoms with van der Waals surface area (Å²) in [4.78, 5) is 16.4. The van der Waals surface area contributed by atoms with E-state index in [0.29, 0.717) is 29.1 Å². The molecule has 0 bridgehead atoms. The highest BCUT2D eigenvalue weighted by atomic mass is 35.5. The molecule has 0 N–H and O–H groups in total. The Morgan fingerprint density at radius 2 is 1.87 bits per heavy atom. The fourth-order valence-corrected chi connectivity index (χ4v) is 7.75. The maximum atomic E-state index is 13.4. The first-order valence-electron chi connectivity index (χ1n) is 11.5. The van der Waals surface area contributed by atoms with Crippen LogP contribution in [0.5, 0.6) is 0 Å². The second-order valence-electron chi connectivity index (χ2n) is 8.42. The lowest BCUT2D eigenvalue weighted by molar-refractivity contribution is -0.693. The van der Waals surface area contributed by atoms with E-state index in [1.54, 1.807) is 27.7 Å². The van der Waals surface area contributed by atoms with Crippen LogP contribution >= 0.6 is 46.0 Å². The third-order valence-corrected chi connectivity index (χ3v) is 9.65. The first-order chi connectivity index (χ1) is 17.7. The second kappa shape index (κ2) is 11.5. The van der Waals surface area contributed by atoms with Gasteiger partial charge in [-0.1, -0.05) is 46.8 Å². The Labute approximate surface area is 240 Å². The van der Waals surface area contributed by atoms with Crippen LogP contribution in [0.3, 0.4) is 0 Å². The molecule has 200 valence electrons. The number of thiazole rings is 2. The Bertz CT molecular complexity index is 1640. The van der Waals surface area contributed by atoms with E-state index in [9.17, 15) is 18.0 Å². The summed E-state index contributed by atoms with van der Waals surface area (Å²) in [6, 6.07) is 11.0. The molecule has 3 heterocycles. The van der Waals surface area contributed by atoms with Crippen LogP contribution < -0.4 is 36.6 Å². The van der Waals surface area contributed by atoms with Crippen molar-refractivity contribution in [1.29, 1.82) is 0 Å². The van der Waals surface area contributed by atoms with Crippen LogP contribution in [0.2, 0.25) is 5.02 Å². The van der Waals surface area contributed by atoms with Gasteiger partial charge in [0.1, 0.15) is 14.2 Å². The van der Waals surface area contributed by atoms with Crippen LogP contribution in [0.25, 0.3) is 11.1 Å². The predicted octanol–water partition coefficient (Wildman–Crippen LogP) is 2.33. The SMILES string of the molecule is CCn1c(=O)/c(=C2\Sc3cc(Cl)ccc3N2C)s/c1=C\c1scc[n+]1CCc1ccc(C(F)(F)F)cc1.[Cl-]. The minimum atomic E-state index is -4.34. The van der Waals surface area contributed by atoms with Gasteiger partial charge in [0.15, 0.2) is 12.7 Å². The van der Waals surface area contributed by atoms with E-state index in [2.05, 4.69) is 4.57 Å². The van der Waals surface area contributed by atoms with Crippen molar-refractivity contribution in [2.45, 2.75) is 37.5 Å². The molecule has 0 atom stereocenters. The summed E-state index contributed by atoms with van der Waals surface area (Å²) in [5, 5.41) is 4.48. The molecule has 4 aromatic rings. The number of fused-ring (bicyclic) bond motifs is 1. The van der Waals surface area contributed by atoms with Crippen molar-refractivity contribution in [3.05, 3.63) is 94.7 Å². The molecule has 1 aliphatic heterocycles. The van der Waals surface area contributed by atoms with Crippen LogP contribution in [0, 0.1) is 0 Å². The van der Waals surface area contributed by atoms with Crippen LogP contribution in [0.1, 0.15) is 23.1 Å². The van der Waals surface area contributed by atoms with E-state index in [-0.39, 0.29) is 18.0 Å². The lowest BCUT2D eigenvalue weighted by Crippen LogP contribution is -3.00. The van der Waals surface area contributed by atoms with Crippen molar-refractivity contribution in [2.24, 2.45) is 0 Å². The summed E-state index contributed by atoms with van der Waals surface area (Å²) in [5.41, 5.74) is 1.18. The van der Waals surface area contributed by atoms with Gasteiger partial charge >= 0.3 is 6.18 Å². The van der Waals surface area contributed by atoms with Gasteiger partial charge in [-0.3, -0.25) is 9.36 Å². The van der Waals surface area contributed by atoms with E-state index < -0.39 is 11.7 Å². The summed E-state index contributed by atoms with van der Waals surface area (Å²) < 4.78 is 43.9. The third-order valence-electron chi connectivity index (χ3n) is 6.10. The number of nitrogens with zero attached hydrogens (tertiary/aromatic N) is 3. The van der Waals surface area contributed by atoms with Crippen LogP contribution in [0.15, 0.2) is 63.7 Å². The largest absolute Gasteiger partial charge is 1.00 e. The van der Waals surface area contributed by atoms with Gasteiger partial charge in [0.05, 0.1) is 22.7 Å². The molecule has 12 heteroatoms. The van der Waals surface area contributed by atoms with Gasteiger partial charge in [-0.2, -0.15) is 17.7 Å². The quantitative estimate of drug-likeness (QED) is 0.323. The number of aryl methyl sites for hydroxylation is 2. The summed E-state index contributed by atoms with van der Waals surface area (Å²) in [7, 11) is 1.95. The third kappa shape index (κ3) is 5.70. The van der Waals surface area contributed by atoms with Gasteiger partial charge in [0, 0.05) is 29.9 Å². The maximum absolute atomic E-state index is 13.4. The van der Waals surface area contributed by atoms with Gasteiger partial charge in [-0.15, -0.1) is 11.3 Å². The normalized spacial score (nSPS) is 15.1. The molecule has 38 heavy (non-hydrogen) atoms. The Hall–Kier alpha value is -2.24. The van der Waals surface area contributed by atoms with E-state index in [4.69, 9.17) is 11.6 Å². The molecule has 1 aliphatic rings. The van der Waals surface area contributed by atoms with E-state index in [1.807, 2.05) is 54.7 Å². The predicted molar refractivity (Wildman–Crippen MR) is 146 cm³/mol. The average molecular weight is 617 g/mol. The summed E-state index contributed by atoms with van der Waals surface area (Å²) in [6.45, 7) is 3.10. The number of halogens is 5. The molecule has 5 rings (SSSR count). The highest BCUT2D eigenvalue weighted by molar-refractivity contribution is 8.08. The number of rotatable bonds is 5. The molecule has 0 spiro atoms. The van der Waals surface area contributed by atoms with Gasteiger partial charge in [-0.25, -0.2) is 0 Å². The first-order valence-corrected chi connectivity index (χ1v) is 14.3. The molecule has 0 radical (unpaired) electrons. The van der Waals surface area contributed by atoms with Gasteiger partial charge in [0.25, 0.3) is 10.6 Å². The molecule has 0 amide bonds. The molecule has 2 aromatic carbocycles. The van der Waals surface area contributed by atoms with E-state index in [1.165, 1.54) is 23.5 Å². The zero-order valence-corrected chi connectivity index (χ0v) is 24.2. The number of benzene rings is 2. The zero-order valence-electron chi connectivity index (χ0n) is 20.3. The Kier molecular flexibility index (Phi) is 8.68. The molecule has 0 aliphatic carbocycles. The average Bonchev–Trinajstić information content (AvgIpc) is 3.53. The monoisotopic (exact) mass is 615 g/mol. The smallest absolute Gasteiger partial charge is 0.416 e. The number of anilines is 1. The molecule has 0 unspecified atom stereocenters. The Balaban J connectivity index is 0.00000336. The fourth-order valence-electron chi connectivity index (χ4n) is 4.13. The Morgan fingerprint density at radius 1 is 1.13 bits per heavy atom. The van der Waals surface area contributed by atoms with Crippen molar-refractivity contribution in [2.75, 3.05) is 11.9 Å². The number of hydrogen-bond acceptors (Lipinski definition) is 5. The topological polar surface area (TPSA) is 29.1 Å². The van der Waals surface area contributed by atoms with E-state index in [0.717, 1.165) is 43.0 Å². The van der Waals surface area contributed by atoms with E-state index >= 15 is 0 Å². The molecule has 0 fully saturated rings. The van der Waals surface area contributed by atoms with Crippen molar-refractivity contribution < 1.29 is 30.1 Å². The summed E-state index contributed by atoms with van der Waals surface area (Å²) >= 11 is 10.7. The Morgan fingerprint density at radius 3 is 2.55 bits per heavy atom. The highest BCUT2D eigenvalue weighted by Gasteiger charge is 2.30.